The summed E-state index contributed by atoms with van der Waals surface area (Å²) < 4.78 is 18.3. The van der Waals surface area contributed by atoms with Gasteiger partial charge in [0.2, 0.25) is 11.8 Å². The smallest absolute Gasteiger partial charge is 0.322 e. The molecule has 0 atom stereocenters. The van der Waals surface area contributed by atoms with E-state index in [-0.39, 0.29) is 24.2 Å². The molecule has 0 unspecified atom stereocenters. The lowest BCUT2D eigenvalue weighted by Crippen LogP contribution is -2.12. The molecular formula is C20H20FN3O2S. The average molecular weight is 385 g/mol. The van der Waals surface area contributed by atoms with Crippen LogP contribution in [0.5, 0.6) is 0 Å². The zero-order valence-electron chi connectivity index (χ0n) is 14.9. The number of aryl methyl sites for hydroxylation is 1. The van der Waals surface area contributed by atoms with E-state index in [1.165, 1.54) is 29.5 Å². The summed E-state index contributed by atoms with van der Waals surface area (Å²) in [5.41, 5.74) is 2.35. The molecule has 3 rings (SSSR count). The highest BCUT2D eigenvalue weighted by atomic mass is 32.2. The quantitative estimate of drug-likeness (QED) is 0.579. The third kappa shape index (κ3) is 5.92. The molecule has 1 heterocycles. The van der Waals surface area contributed by atoms with Crippen molar-refractivity contribution < 1.29 is 13.6 Å². The molecule has 0 aliphatic rings. The maximum atomic E-state index is 12.9. The minimum absolute atomic E-state index is 0.104. The number of thioether (sulfide) groups is 1. The van der Waals surface area contributed by atoms with E-state index in [9.17, 15) is 9.18 Å². The zero-order valence-corrected chi connectivity index (χ0v) is 15.8. The summed E-state index contributed by atoms with van der Waals surface area (Å²) in [7, 11) is 0. The van der Waals surface area contributed by atoms with Gasteiger partial charge in [0.1, 0.15) is 5.82 Å². The van der Waals surface area contributed by atoms with Gasteiger partial charge < -0.3 is 4.42 Å². The highest BCUT2D eigenvalue weighted by Crippen LogP contribution is 2.19. The van der Waals surface area contributed by atoms with E-state index in [1.807, 2.05) is 12.1 Å². The molecule has 140 valence electrons. The molecule has 3 aromatic rings. The summed E-state index contributed by atoms with van der Waals surface area (Å²) in [5.74, 6) is 0.551. The Morgan fingerprint density at radius 2 is 1.78 bits per heavy atom. The van der Waals surface area contributed by atoms with Crippen molar-refractivity contribution in [3.8, 4) is 0 Å². The minimum Gasteiger partial charge on any atom is -0.407 e. The van der Waals surface area contributed by atoms with E-state index in [4.69, 9.17) is 4.42 Å². The van der Waals surface area contributed by atoms with Crippen LogP contribution in [0.2, 0.25) is 0 Å². The largest absolute Gasteiger partial charge is 0.407 e. The Morgan fingerprint density at radius 3 is 2.48 bits per heavy atom. The van der Waals surface area contributed by atoms with Crippen LogP contribution in [0, 0.1) is 5.82 Å². The van der Waals surface area contributed by atoms with Crippen molar-refractivity contribution in [1.82, 2.24) is 10.2 Å². The number of rotatable bonds is 8. The van der Waals surface area contributed by atoms with Gasteiger partial charge >= 0.3 is 6.01 Å². The number of hydrogen-bond acceptors (Lipinski definition) is 5. The van der Waals surface area contributed by atoms with Crippen molar-refractivity contribution in [2.24, 2.45) is 0 Å². The zero-order chi connectivity index (χ0) is 19.1. The molecule has 1 aromatic heterocycles. The Kier molecular flexibility index (Phi) is 6.59. The summed E-state index contributed by atoms with van der Waals surface area (Å²) >= 11 is 1.48. The van der Waals surface area contributed by atoms with Crippen molar-refractivity contribution in [2.45, 2.75) is 31.1 Å². The van der Waals surface area contributed by atoms with Crippen LogP contribution in [0.3, 0.4) is 0 Å². The number of aromatic nitrogens is 2. The molecule has 0 radical (unpaired) electrons. The normalized spacial score (nSPS) is 10.7. The van der Waals surface area contributed by atoms with E-state index in [0.29, 0.717) is 18.1 Å². The van der Waals surface area contributed by atoms with E-state index < -0.39 is 0 Å². The monoisotopic (exact) mass is 385 g/mol. The number of anilines is 1. The van der Waals surface area contributed by atoms with Gasteiger partial charge in [-0.25, -0.2) is 4.39 Å². The molecule has 0 aliphatic carbocycles. The summed E-state index contributed by atoms with van der Waals surface area (Å²) in [4.78, 5) is 12.9. The van der Waals surface area contributed by atoms with Crippen molar-refractivity contribution in [3.63, 3.8) is 0 Å². The number of halogens is 1. The number of nitrogens with zero attached hydrogens (tertiary/aromatic N) is 2. The molecule has 0 bridgehead atoms. The summed E-state index contributed by atoms with van der Waals surface area (Å²) in [5, 5.41) is 10.4. The number of nitrogens with one attached hydrogen (secondary N) is 1. The number of hydrogen-bond donors (Lipinski definition) is 1. The van der Waals surface area contributed by atoms with Crippen LogP contribution in [0.15, 0.2) is 57.8 Å². The first-order chi connectivity index (χ1) is 13.1. The van der Waals surface area contributed by atoms with Crippen LogP contribution in [-0.2, 0) is 17.6 Å². The lowest BCUT2D eigenvalue weighted by atomic mass is 10.1. The number of benzene rings is 2. The van der Waals surface area contributed by atoms with Gasteiger partial charge in [0.05, 0.1) is 6.42 Å². The first kappa shape index (κ1) is 19.1. The van der Waals surface area contributed by atoms with Crippen LogP contribution in [0.25, 0.3) is 0 Å². The molecule has 27 heavy (non-hydrogen) atoms. The van der Waals surface area contributed by atoms with E-state index >= 15 is 0 Å². The third-order valence-corrected chi connectivity index (χ3v) is 4.93. The Hall–Kier alpha value is -2.67. The summed E-state index contributed by atoms with van der Waals surface area (Å²) in [6, 6.07) is 14.5. The topological polar surface area (TPSA) is 68.0 Å². The van der Waals surface area contributed by atoms with Crippen molar-refractivity contribution in [3.05, 3.63) is 71.4 Å². The van der Waals surface area contributed by atoms with Crippen LogP contribution in [0.1, 0.15) is 30.4 Å². The standard InChI is InChI=1S/C20H20FN3O2S/c1-2-14-3-5-15(6-4-14)13-19-23-24-20(26-19)22-18(25)11-12-27-17-9-7-16(21)8-10-17/h3-10H,2,11-13H2,1H3,(H,22,24,25). The molecule has 2 aromatic carbocycles. The molecule has 0 spiro atoms. The van der Waals surface area contributed by atoms with Gasteiger partial charge in [0.25, 0.3) is 0 Å². The maximum absolute atomic E-state index is 12.9. The highest BCUT2D eigenvalue weighted by molar-refractivity contribution is 7.99. The van der Waals surface area contributed by atoms with E-state index in [2.05, 4.69) is 34.6 Å². The van der Waals surface area contributed by atoms with E-state index in [0.717, 1.165) is 16.9 Å². The van der Waals surface area contributed by atoms with Crippen molar-refractivity contribution in [2.75, 3.05) is 11.1 Å². The fraction of sp³-hybridized carbons (Fsp3) is 0.250. The van der Waals surface area contributed by atoms with Gasteiger partial charge in [-0.3, -0.25) is 10.1 Å². The Bertz CT molecular complexity index is 879. The first-order valence-electron chi connectivity index (χ1n) is 8.71. The molecule has 0 saturated carbocycles. The summed E-state index contributed by atoms with van der Waals surface area (Å²) in [6.45, 7) is 2.11. The maximum Gasteiger partial charge on any atom is 0.322 e. The van der Waals surface area contributed by atoms with Crippen LogP contribution >= 0.6 is 11.8 Å². The molecule has 1 amide bonds. The highest BCUT2D eigenvalue weighted by Gasteiger charge is 2.10. The fourth-order valence-electron chi connectivity index (χ4n) is 2.42. The molecule has 0 aliphatic heterocycles. The molecule has 7 heteroatoms. The molecule has 0 fully saturated rings. The van der Waals surface area contributed by atoms with Gasteiger partial charge in [-0.05, 0) is 41.8 Å². The lowest BCUT2D eigenvalue weighted by molar-refractivity contribution is -0.115. The molecule has 1 N–H and O–H groups in total. The summed E-state index contributed by atoms with van der Waals surface area (Å²) in [6.07, 6.45) is 1.81. The SMILES string of the molecule is CCc1ccc(Cc2nnc(NC(=O)CCSc3ccc(F)cc3)o2)cc1. The first-order valence-corrected chi connectivity index (χ1v) is 9.69. The van der Waals surface area contributed by atoms with E-state index in [1.54, 1.807) is 12.1 Å². The van der Waals surface area contributed by atoms with Gasteiger partial charge in [-0.2, -0.15) is 0 Å². The van der Waals surface area contributed by atoms with Crippen molar-refractivity contribution in [1.29, 1.82) is 0 Å². The third-order valence-electron chi connectivity index (χ3n) is 3.91. The van der Waals surface area contributed by atoms with Gasteiger partial charge in [0, 0.05) is 17.1 Å². The van der Waals surface area contributed by atoms with Crippen LogP contribution in [0.4, 0.5) is 10.4 Å². The predicted molar refractivity (Wildman–Crippen MR) is 103 cm³/mol. The second kappa shape index (κ2) is 9.32. The fourth-order valence-corrected chi connectivity index (χ4v) is 3.27. The number of carbonyl (C=O) groups is 1. The van der Waals surface area contributed by atoms with Crippen molar-refractivity contribution >= 4 is 23.7 Å². The molecule has 5 nitrogen and oxygen atoms in total. The molecule has 0 saturated heterocycles. The second-order valence-electron chi connectivity index (χ2n) is 5.95. The number of amides is 1. The van der Waals surface area contributed by atoms with Gasteiger partial charge in [0.15, 0.2) is 0 Å². The molecular weight excluding hydrogens is 365 g/mol. The second-order valence-corrected chi connectivity index (χ2v) is 7.12. The van der Waals surface area contributed by atoms with Gasteiger partial charge in [-0.15, -0.1) is 16.9 Å². The average Bonchev–Trinajstić information content (AvgIpc) is 3.10. The predicted octanol–water partition coefficient (Wildman–Crippen LogP) is 4.48. The minimum atomic E-state index is -0.273. The Morgan fingerprint density at radius 1 is 1.07 bits per heavy atom. The lowest BCUT2D eigenvalue weighted by Gasteiger charge is -2.02. The Labute approximate surface area is 161 Å². The van der Waals surface area contributed by atoms with Crippen LogP contribution in [-0.4, -0.2) is 21.9 Å². The number of carbonyl (C=O) groups excluding carboxylic acids is 1. The van der Waals surface area contributed by atoms with Gasteiger partial charge in [-0.1, -0.05) is 36.3 Å². The Balaban J connectivity index is 1.45. The van der Waals surface area contributed by atoms with Crippen LogP contribution < -0.4 is 5.32 Å².